The molecule has 1 heterocycles. The maximum Gasteiger partial charge on any atom is 0.125 e. The van der Waals surface area contributed by atoms with E-state index < -0.39 is 0 Å². The molecule has 2 fully saturated rings. The van der Waals surface area contributed by atoms with Crippen LogP contribution < -0.4 is 15.4 Å². The minimum atomic E-state index is -0.0115. The first kappa shape index (κ1) is 13.7. The van der Waals surface area contributed by atoms with Crippen molar-refractivity contribution in [1.82, 2.24) is 4.90 Å². The molecule has 0 radical (unpaired) electrons. The molecular weight excluding hydrogens is 250 g/mol. The Hall–Kier alpha value is -1.26. The van der Waals surface area contributed by atoms with Crippen molar-refractivity contribution in [2.24, 2.45) is 5.73 Å². The minimum absolute atomic E-state index is 0.0115. The van der Waals surface area contributed by atoms with Crippen LogP contribution in [0, 0.1) is 0 Å². The molecule has 1 saturated carbocycles. The topological polar surface area (TPSA) is 41.7 Å². The van der Waals surface area contributed by atoms with Crippen LogP contribution in [-0.4, -0.2) is 44.2 Å². The van der Waals surface area contributed by atoms with E-state index >= 15 is 0 Å². The lowest BCUT2D eigenvalue weighted by molar-refractivity contribution is 0.248. The quantitative estimate of drug-likeness (QED) is 0.912. The van der Waals surface area contributed by atoms with Gasteiger partial charge in [0.25, 0.3) is 0 Å². The maximum absolute atomic E-state index is 6.17. The maximum atomic E-state index is 6.17. The molecule has 3 rings (SSSR count). The van der Waals surface area contributed by atoms with Gasteiger partial charge >= 0.3 is 0 Å². The van der Waals surface area contributed by atoms with Gasteiger partial charge in [-0.2, -0.15) is 0 Å². The minimum Gasteiger partial charge on any atom is -0.496 e. The molecule has 0 unspecified atom stereocenters. The van der Waals surface area contributed by atoms with Crippen molar-refractivity contribution in [1.29, 1.82) is 0 Å². The van der Waals surface area contributed by atoms with E-state index in [2.05, 4.69) is 21.9 Å². The molecule has 0 amide bonds. The lowest BCUT2D eigenvalue weighted by atomic mass is 10.0. The lowest BCUT2D eigenvalue weighted by Gasteiger charge is -2.37. The Balaban J connectivity index is 1.79. The van der Waals surface area contributed by atoms with E-state index in [1.165, 1.54) is 31.6 Å². The Morgan fingerprint density at radius 1 is 1.20 bits per heavy atom. The zero-order valence-electron chi connectivity index (χ0n) is 12.5. The number of nitrogens with two attached hydrogens (primary N) is 1. The van der Waals surface area contributed by atoms with Gasteiger partial charge in [-0.05, 0) is 31.9 Å². The molecule has 0 spiro atoms. The van der Waals surface area contributed by atoms with Crippen LogP contribution in [0.2, 0.25) is 0 Å². The third-order valence-corrected chi connectivity index (χ3v) is 4.44. The van der Waals surface area contributed by atoms with Gasteiger partial charge in [0.2, 0.25) is 0 Å². The molecule has 4 heteroatoms. The third-order valence-electron chi connectivity index (χ3n) is 4.44. The van der Waals surface area contributed by atoms with E-state index in [-0.39, 0.29) is 6.04 Å². The number of anilines is 1. The van der Waals surface area contributed by atoms with Gasteiger partial charge in [0.15, 0.2) is 0 Å². The number of hydrogen-bond acceptors (Lipinski definition) is 4. The average molecular weight is 275 g/mol. The summed E-state index contributed by atoms with van der Waals surface area (Å²) in [6.45, 7) is 6.54. The van der Waals surface area contributed by atoms with Gasteiger partial charge in [-0.3, -0.25) is 4.90 Å². The van der Waals surface area contributed by atoms with Crippen LogP contribution in [0.5, 0.6) is 5.75 Å². The van der Waals surface area contributed by atoms with Gasteiger partial charge in [-0.25, -0.2) is 0 Å². The number of methoxy groups -OCH3 is 1. The normalized spacial score (nSPS) is 21.9. The molecule has 1 aromatic rings. The summed E-state index contributed by atoms with van der Waals surface area (Å²) in [6.07, 6.45) is 2.79. The van der Waals surface area contributed by atoms with Crippen molar-refractivity contribution in [3.05, 3.63) is 23.8 Å². The van der Waals surface area contributed by atoms with Gasteiger partial charge in [-0.15, -0.1) is 0 Å². The summed E-state index contributed by atoms with van der Waals surface area (Å²) in [7, 11) is 1.72. The Bertz CT molecular complexity index is 463. The molecule has 2 N–H and O–H groups in total. The van der Waals surface area contributed by atoms with E-state index in [1.54, 1.807) is 7.11 Å². The summed E-state index contributed by atoms with van der Waals surface area (Å²) < 4.78 is 5.49. The van der Waals surface area contributed by atoms with Crippen LogP contribution in [-0.2, 0) is 0 Å². The fourth-order valence-electron chi connectivity index (χ4n) is 3.21. The lowest BCUT2D eigenvalue weighted by Crippen LogP contribution is -2.47. The summed E-state index contributed by atoms with van der Waals surface area (Å²) in [5.41, 5.74) is 8.55. The predicted molar refractivity (Wildman–Crippen MR) is 82.4 cm³/mol. The molecule has 1 aliphatic heterocycles. The molecule has 1 aromatic carbocycles. The van der Waals surface area contributed by atoms with Crippen LogP contribution in [0.15, 0.2) is 18.2 Å². The highest BCUT2D eigenvalue weighted by molar-refractivity contribution is 5.61. The number of hydrogen-bond donors (Lipinski definition) is 1. The summed E-state index contributed by atoms with van der Waals surface area (Å²) in [5, 5.41) is 0. The van der Waals surface area contributed by atoms with E-state index in [0.29, 0.717) is 0 Å². The van der Waals surface area contributed by atoms with Crippen LogP contribution in [0.4, 0.5) is 5.69 Å². The fourth-order valence-corrected chi connectivity index (χ4v) is 3.21. The van der Waals surface area contributed by atoms with Crippen molar-refractivity contribution in [3.63, 3.8) is 0 Å². The zero-order valence-corrected chi connectivity index (χ0v) is 12.5. The zero-order chi connectivity index (χ0) is 14.1. The standard InChI is InChI=1S/C16H25N3O/c1-12(17)16-14(4-3-5-15(16)20-2)19-10-8-18(9-11-19)13-6-7-13/h3-5,12-13H,6-11,17H2,1-2H3/t12-/m0/s1. The first-order chi connectivity index (χ1) is 9.70. The van der Waals surface area contributed by atoms with E-state index in [4.69, 9.17) is 10.5 Å². The van der Waals surface area contributed by atoms with Crippen molar-refractivity contribution >= 4 is 5.69 Å². The summed E-state index contributed by atoms with van der Waals surface area (Å²) in [6, 6.07) is 7.10. The van der Waals surface area contributed by atoms with Crippen LogP contribution in [0.3, 0.4) is 0 Å². The second kappa shape index (κ2) is 5.62. The molecule has 0 aromatic heterocycles. The van der Waals surface area contributed by atoms with Gasteiger partial charge in [0, 0.05) is 49.5 Å². The molecule has 2 aliphatic rings. The Kier molecular flexibility index (Phi) is 3.85. The van der Waals surface area contributed by atoms with Crippen molar-refractivity contribution in [2.45, 2.75) is 31.8 Å². The molecular formula is C16H25N3O. The van der Waals surface area contributed by atoms with Crippen molar-refractivity contribution in [3.8, 4) is 5.75 Å². The second-order valence-corrected chi connectivity index (χ2v) is 5.94. The van der Waals surface area contributed by atoms with Gasteiger partial charge < -0.3 is 15.4 Å². The van der Waals surface area contributed by atoms with Crippen LogP contribution >= 0.6 is 0 Å². The van der Waals surface area contributed by atoms with Crippen LogP contribution in [0.25, 0.3) is 0 Å². The summed E-state index contributed by atoms with van der Waals surface area (Å²) in [4.78, 5) is 5.09. The number of ether oxygens (including phenoxy) is 1. The number of rotatable bonds is 4. The molecule has 1 aliphatic carbocycles. The highest BCUT2D eigenvalue weighted by Gasteiger charge is 2.31. The molecule has 1 saturated heterocycles. The van der Waals surface area contributed by atoms with Gasteiger partial charge in [0.05, 0.1) is 7.11 Å². The Labute approximate surface area is 121 Å². The van der Waals surface area contributed by atoms with Crippen molar-refractivity contribution in [2.75, 3.05) is 38.2 Å². The number of piperazine rings is 1. The number of nitrogens with zero attached hydrogens (tertiary/aromatic N) is 2. The second-order valence-electron chi connectivity index (χ2n) is 5.94. The SMILES string of the molecule is COc1cccc(N2CCN(C3CC3)CC2)c1[C@H](C)N. The smallest absolute Gasteiger partial charge is 0.125 e. The van der Waals surface area contributed by atoms with E-state index in [9.17, 15) is 0 Å². The highest BCUT2D eigenvalue weighted by atomic mass is 16.5. The first-order valence-corrected chi connectivity index (χ1v) is 7.62. The van der Waals surface area contributed by atoms with Crippen LogP contribution in [0.1, 0.15) is 31.4 Å². The van der Waals surface area contributed by atoms with Crippen molar-refractivity contribution < 1.29 is 4.74 Å². The molecule has 0 bridgehead atoms. The van der Waals surface area contributed by atoms with E-state index in [0.717, 1.165) is 30.4 Å². The summed E-state index contributed by atoms with van der Waals surface area (Å²) in [5.74, 6) is 0.905. The Morgan fingerprint density at radius 3 is 2.45 bits per heavy atom. The third kappa shape index (κ3) is 2.63. The van der Waals surface area contributed by atoms with Gasteiger partial charge in [0.1, 0.15) is 5.75 Å². The average Bonchev–Trinajstić information content (AvgIpc) is 3.31. The molecule has 20 heavy (non-hydrogen) atoms. The molecule has 110 valence electrons. The van der Waals surface area contributed by atoms with E-state index in [1.807, 2.05) is 13.0 Å². The monoisotopic (exact) mass is 275 g/mol. The highest BCUT2D eigenvalue weighted by Crippen LogP contribution is 2.35. The van der Waals surface area contributed by atoms with Gasteiger partial charge in [-0.1, -0.05) is 6.07 Å². The molecule has 4 nitrogen and oxygen atoms in total. The largest absolute Gasteiger partial charge is 0.496 e. The molecule has 1 atom stereocenters. The number of benzene rings is 1. The predicted octanol–water partition coefficient (Wildman–Crippen LogP) is 2.00. The fraction of sp³-hybridized carbons (Fsp3) is 0.625. The summed E-state index contributed by atoms with van der Waals surface area (Å²) >= 11 is 0. The Morgan fingerprint density at radius 2 is 1.90 bits per heavy atom. The first-order valence-electron chi connectivity index (χ1n) is 7.62.